The number of aliphatic hydroxyl groups excluding tert-OH is 2. The van der Waals surface area contributed by atoms with E-state index in [-0.39, 0.29) is 6.61 Å². The first-order valence-corrected chi connectivity index (χ1v) is 6.72. The minimum absolute atomic E-state index is 0.302. The van der Waals surface area contributed by atoms with E-state index in [1.165, 1.54) is 0 Å². The summed E-state index contributed by atoms with van der Waals surface area (Å²) in [4.78, 5) is 0. The Morgan fingerprint density at radius 1 is 1.15 bits per heavy atom. The molecule has 0 bridgehead atoms. The van der Waals surface area contributed by atoms with Gasteiger partial charge in [0, 0.05) is 5.02 Å². The summed E-state index contributed by atoms with van der Waals surface area (Å²) < 4.78 is 5.12. The molecule has 0 fully saturated rings. The molecule has 0 aliphatic heterocycles. The molecule has 106 valence electrons. The maximum Gasteiger partial charge on any atom is 0.118 e. The standard InChI is InChI=1S/C16H17ClO3/c1-20-14-5-2-11(3-6-14)8-13-9-12(16(19)10-18)4-7-15(13)17/h2-7,9,16,18-19H,8,10H2,1H3. The fourth-order valence-electron chi connectivity index (χ4n) is 2.01. The van der Waals surface area contributed by atoms with E-state index < -0.39 is 6.10 Å². The highest BCUT2D eigenvalue weighted by Gasteiger charge is 2.09. The normalized spacial score (nSPS) is 12.2. The van der Waals surface area contributed by atoms with Gasteiger partial charge in [-0.25, -0.2) is 0 Å². The monoisotopic (exact) mass is 292 g/mol. The minimum Gasteiger partial charge on any atom is -0.497 e. The van der Waals surface area contributed by atoms with Crippen LogP contribution in [-0.2, 0) is 6.42 Å². The summed E-state index contributed by atoms with van der Waals surface area (Å²) in [5.41, 5.74) is 2.69. The van der Waals surface area contributed by atoms with Crippen LogP contribution in [0.3, 0.4) is 0 Å². The van der Waals surface area contributed by atoms with Crippen LogP contribution in [0.25, 0.3) is 0 Å². The number of benzene rings is 2. The van der Waals surface area contributed by atoms with Gasteiger partial charge in [-0.15, -0.1) is 0 Å². The highest BCUT2D eigenvalue weighted by molar-refractivity contribution is 6.31. The molecule has 0 aliphatic carbocycles. The van der Waals surface area contributed by atoms with Crippen LogP contribution in [-0.4, -0.2) is 23.9 Å². The molecule has 20 heavy (non-hydrogen) atoms. The third-order valence-electron chi connectivity index (χ3n) is 3.18. The molecule has 0 aliphatic rings. The third-order valence-corrected chi connectivity index (χ3v) is 3.55. The molecular weight excluding hydrogens is 276 g/mol. The number of hydrogen-bond donors (Lipinski definition) is 2. The van der Waals surface area contributed by atoms with Gasteiger partial charge in [0.15, 0.2) is 0 Å². The van der Waals surface area contributed by atoms with E-state index in [1.54, 1.807) is 19.2 Å². The molecule has 3 nitrogen and oxygen atoms in total. The molecule has 0 saturated heterocycles. The second-order valence-electron chi connectivity index (χ2n) is 4.57. The van der Waals surface area contributed by atoms with Crippen molar-refractivity contribution in [3.8, 4) is 5.75 Å². The molecule has 0 radical (unpaired) electrons. The third kappa shape index (κ3) is 3.51. The molecule has 4 heteroatoms. The van der Waals surface area contributed by atoms with E-state index in [0.29, 0.717) is 17.0 Å². The van der Waals surface area contributed by atoms with E-state index in [4.69, 9.17) is 21.4 Å². The maximum absolute atomic E-state index is 9.67. The first-order chi connectivity index (χ1) is 9.63. The zero-order chi connectivity index (χ0) is 14.5. The Balaban J connectivity index is 2.22. The molecule has 0 spiro atoms. The Morgan fingerprint density at radius 3 is 2.45 bits per heavy atom. The van der Waals surface area contributed by atoms with Gasteiger partial charge in [-0.3, -0.25) is 0 Å². The molecule has 2 aromatic rings. The second kappa shape index (κ2) is 6.75. The quantitative estimate of drug-likeness (QED) is 0.891. The van der Waals surface area contributed by atoms with Crippen molar-refractivity contribution in [2.75, 3.05) is 13.7 Å². The lowest BCUT2D eigenvalue weighted by Crippen LogP contribution is -2.03. The summed E-state index contributed by atoms with van der Waals surface area (Å²) in [5.74, 6) is 0.810. The topological polar surface area (TPSA) is 49.7 Å². The number of methoxy groups -OCH3 is 1. The van der Waals surface area contributed by atoms with Gasteiger partial charge in [0.25, 0.3) is 0 Å². The van der Waals surface area contributed by atoms with Gasteiger partial charge < -0.3 is 14.9 Å². The van der Waals surface area contributed by atoms with Crippen LogP contribution in [0.5, 0.6) is 5.75 Å². The zero-order valence-corrected chi connectivity index (χ0v) is 12.0. The summed E-state index contributed by atoms with van der Waals surface area (Å²) >= 11 is 6.18. The molecule has 0 aromatic heterocycles. The highest BCUT2D eigenvalue weighted by Crippen LogP contribution is 2.24. The van der Waals surface area contributed by atoms with E-state index in [0.717, 1.165) is 16.9 Å². The Labute approximate surface area is 123 Å². The molecule has 1 atom stereocenters. The summed E-state index contributed by atoms with van der Waals surface area (Å²) in [6, 6.07) is 13.0. The molecule has 0 amide bonds. The van der Waals surface area contributed by atoms with Crippen molar-refractivity contribution in [3.05, 3.63) is 64.2 Å². The highest BCUT2D eigenvalue weighted by atomic mass is 35.5. The average molecular weight is 293 g/mol. The molecule has 2 rings (SSSR count). The first-order valence-electron chi connectivity index (χ1n) is 6.34. The molecule has 2 aromatic carbocycles. The van der Waals surface area contributed by atoms with Gasteiger partial charge in [0.05, 0.1) is 13.7 Å². The largest absolute Gasteiger partial charge is 0.497 e. The lowest BCUT2D eigenvalue weighted by Gasteiger charge is -2.11. The molecule has 0 heterocycles. The van der Waals surface area contributed by atoms with E-state index >= 15 is 0 Å². The lowest BCUT2D eigenvalue weighted by atomic mass is 10.0. The van der Waals surface area contributed by atoms with E-state index in [1.807, 2.05) is 30.3 Å². The van der Waals surface area contributed by atoms with Crippen LogP contribution in [0.2, 0.25) is 5.02 Å². The predicted octanol–water partition coefficient (Wildman–Crippen LogP) is 2.97. The van der Waals surface area contributed by atoms with Crippen molar-refractivity contribution in [2.24, 2.45) is 0 Å². The number of rotatable bonds is 5. The predicted molar refractivity (Wildman–Crippen MR) is 79.3 cm³/mol. The molecule has 0 saturated carbocycles. The van der Waals surface area contributed by atoms with Crippen molar-refractivity contribution >= 4 is 11.6 Å². The van der Waals surface area contributed by atoms with Crippen molar-refractivity contribution in [2.45, 2.75) is 12.5 Å². The van der Waals surface area contributed by atoms with Gasteiger partial charge in [0.2, 0.25) is 0 Å². The van der Waals surface area contributed by atoms with Crippen molar-refractivity contribution in [1.29, 1.82) is 0 Å². The fourth-order valence-corrected chi connectivity index (χ4v) is 2.19. The van der Waals surface area contributed by atoms with Gasteiger partial charge in [-0.05, 0) is 41.3 Å². The summed E-state index contributed by atoms with van der Waals surface area (Å²) in [6.07, 6.45) is -0.212. The van der Waals surface area contributed by atoms with Crippen molar-refractivity contribution < 1.29 is 14.9 Å². The summed E-state index contributed by atoms with van der Waals surface area (Å²) in [7, 11) is 1.63. The van der Waals surface area contributed by atoms with Gasteiger partial charge in [-0.2, -0.15) is 0 Å². The molecular formula is C16H17ClO3. The van der Waals surface area contributed by atoms with Crippen LogP contribution in [0, 0.1) is 0 Å². The smallest absolute Gasteiger partial charge is 0.118 e. The van der Waals surface area contributed by atoms with Crippen LogP contribution < -0.4 is 4.74 Å². The second-order valence-corrected chi connectivity index (χ2v) is 4.98. The average Bonchev–Trinajstić information content (AvgIpc) is 2.49. The fraction of sp³-hybridized carbons (Fsp3) is 0.250. The summed E-state index contributed by atoms with van der Waals surface area (Å²) in [5, 5.41) is 19.3. The first kappa shape index (κ1) is 14.9. The Kier molecular flexibility index (Phi) is 5.01. The number of aliphatic hydroxyl groups is 2. The zero-order valence-electron chi connectivity index (χ0n) is 11.2. The number of hydrogen-bond acceptors (Lipinski definition) is 3. The maximum atomic E-state index is 9.67. The van der Waals surface area contributed by atoms with Gasteiger partial charge >= 0.3 is 0 Å². The van der Waals surface area contributed by atoms with Crippen molar-refractivity contribution in [1.82, 2.24) is 0 Å². The lowest BCUT2D eigenvalue weighted by molar-refractivity contribution is 0.0956. The number of halogens is 1. The molecule has 1 unspecified atom stereocenters. The minimum atomic E-state index is -0.873. The Bertz CT molecular complexity index is 566. The van der Waals surface area contributed by atoms with Crippen molar-refractivity contribution in [3.63, 3.8) is 0 Å². The molecule has 2 N–H and O–H groups in total. The van der Waals surface area contributed by atoms with Crippen LogP contribution in [0.15, 0.2) is 42.5 Å². The van der Waals surface area contributed by atoms with Gasteiger partial charge in [-0.1, -0.05) is 35.9 Å². The Hall–Kier alpha value is -1.55. The van der Waals surface area contributed by atoms with Crippen LogP contribution >= 0.6 is 11.6 Å². The SMILES string of the molecule is COc1ccc(Cc2cc(C(O)CO)ccc2Cl)cc1. The number of ether oxygens (including phenoxy) is 1. The summed E-state index contributed by atoms with van der Waals surface area (Å²) in [6.45, 7) is -0.302. The Morgan fingerprint density at radius 2 is 1.85 bits per heavy atom. The van der Waals surface area contributed by atoms with Crippen LogP contribution in [0.1, 0.15) is 22.8 Å². The van der Waals surface area contributed by atoms with E-state index in [2.05, 4.69) is 0 Å². The van der Waals surface area contributed by atoms with E-state index in [9.17, 15) is 5.11 Å². The van der Waals surface area contributed by atoms with Crippen LogP contribution in [0.4, 0.5) is 0 Å². The van der Waals surface area contributed by atoms with Gasteiger partial charge in [0.1, 0.15) is 11.9 Å².